The maximum absolute atomic E-state index is 6.04. The monoisotopic (exact) mass is 334 g/mol. The third-order valence-electron chi connectivity index (χ3n) is 2.43. The number of rotatable bonds is 6. The van der Waals surface area contributed by atoms with Gasteiger partial charge in [0.15, 0.2) is 0 Å². The molecule has 84 valence electrons. The Kier molecular flexibility index (Phi) is 5.85. The molecule has 0 radical (unpaired) electrons. The average molecular weight is 334 g/mol. The normalized spacial score (nSPS) is 14.9. The van der Waals surface area contributed by atoms with Crippen molar-refractivity contribution in [2.24, 2.45) is 0 Å². The van der Waals surface area contributed by atoms with Crippen molar-refractivity contribution < 1.29 is 4.43 Å². The Labute approximate surface area is 107 Å². The van der Waals surface area contributed by atoms with Crippen LogP contribution < -0.4 is 5.19 Å². The molecule has 1 unspecified atom stereocenters. The summed E-state index contributed by atoms with van der Waals surface area (Å²) in [6.45, 7) is 5.16. The summed E-state index contributed by atoms with van der Waals surface area (Å²) in [5.41, 5.74) is 0. The molecule has 0 saturated carbocycles. The second kappa shape index (κ2) is 6.65. The van der Waals surface area contributed by atoms with Crippen molar-refractivity contribution in [2.45, 2.75) is 32.7 Å². The van der Waals surface area contributed by atoms with Crippen molar-refractivity contribution in [1.82, 2.24) is 0 Å². The molecule has 1 nitrogen and oxygen atoms in total. The van der Waals surface area contributed by atoms with Crippen molar-refractivity contribution in [1.29, 1.82) is 0 Å². The Morgan fingerprint density at radius 2 is 1.87 bits per heavy atom. The summed E-state index contributed by atoms with van der Waals surface area (Å²) >= 11 is 2.58. The van der Waals surface area contributed by atoms with E-state index in [9.17, 15) is 0 Å². The van der Waals surface area contributed by atoms with Crippen molar-refractivity contribution in [2.75, 3.05) is 6.61 Å². The molecule has 1 aromatic carbocycles. The molecule has 0 aliphatic carbocycles. The molecule has 1 rings (SSSR count). The van der Waals surface area contributed by atoms with Gasteiger partial charge in [0.2, 0.25) is 0 Å². The Bertz CT molecular complexity index is 278. The SMILES string of the molecule is CCCC[Si](I)(OCC)c1ccccc1. The summed E-state index contributed by atoms with van der Waals surface area (Å²) < 4.78 is 6.04. The molecule has 3 heteroatoms. The van der Waals surface area contributed by atoms with Crippen LogP contribution in [0.3, 0.4) is 0 Å². The fourth-order valence-electron chi connectivity index (χ4n) is 1.62. The highest BCUT2D eigenvalue weighted by Gasteiger charge is 2.32. The van der Waals surface area contributed by atoms with Gasteiger partial charge in [-0.05, 0) is 18.2 Å². The Hall–Kier alpha value is 0.127. The molecule has 0 saturated heterocycles. The van der Waals surface area contributed by atoms with Crippen LogP contribution >= 0.6 is 21.8 Å². The highest BCUT2D eigenvalue weighted by molar-refractivity contribution is 14.1. The minimum atomic E-state index is -1.68. The molecule has 0 fully saturated rings. The van der Waals surface area contributed by atoms with E-state index in [1.54, 1.807) is 0 Å². The molecule has 0 amide bonds. The van der Waals surface area contributed by atoms with Crippen molar-refractivity contribution >= 4 is 32.8 Å². The van der Waals surface area contributed by atoms with E-state index in [2.05, 4.69) is 66.0 Å². The summed E-state index contributed by atoms with van der Waals surface area (Å²) in [7, 11) is 0. The summed E-state index contributed by atoms with van der Waals surface area (Å²) in [6, 6.07) is 11.9. The average Bonchev–Trinajstić information content (AvgIpc) is 2.28. The molecule has 15 heavy (non-hydrogen) atoms. The fraction of sp³-hybridized carbons (Fsp3) is 0.500. The van der Waals surface area contributed by atoms with E-state index in [0.717, 1.165) is 6.61 Å². The van der Waals surface area contributed by atoms with Gasteiger partial charge in [0, 0.05) is 6.61 Å². The van der Waals surface area contributed by atoms with Gasteiger partial charge in [-0.2, -0.15) is 0 Å². The first-order valence-electron chi connectivity index (χ1n) is 5.61. The van der Waals surface area contributed by atoms with Crippen LogP contribution in [0.25, 0.3) is 0 Å². The molecule has 0 N–H and O–H groups in total. The number of hydrogen-bond acceptors (Lipinski definition) is 1. The predicted octanol–water partition coefficient (Wildman–Crippen LogP) is 3.61. The zero-order chi connectivity index (χ0) is 11.1. The van der Waals surface area contributed by atoms with E-state index < -0.39 is 5.81 Å². The fourth-order valence-corrected chi connectivity index (χ4v) is 7.33. The molecule has 0 aliphatic rings. The van der Waals surface area contributed by atoms with Crippen LogP contribution in [0.2, 0.25) is 6.04 Å². The maximum atomic E-state index is 6.04. The molecule has 0 bridgehead atoms. The topological polar surface area (TPSA) is 9.23 Å². The van der Waals surface area contributed by atoms with Gasteiger partial charge in [-0.15, -0.1) is 0 Å². The Balaban J connectivity index is 2.80. The van der Waals surface area contributed by atoms with Crippen LogP contribution in [0.5, 0.6) is 0 Å². The first-order valence-corrected chi connectivity index (χ1v) is 10.8. The van der Waals surface area contributed by atoms with Crippen LogP contribution in [0, 0.1) is 0 Å². The van der Waals surface area contributed by atoms with E-state index in [-0.39, 0.29) is 0 Å². The Morgan fingerprint density at radius 1 is 1.20 bits per heavy atom. The lowest BCUT2D eigenvalue weighted by molar-refractivity contribution is 0.346. The van der Waals surface area contributed by atoms with Crippen molar-refractivity contribution in [3.05, 3.63) is 30.3 Å². The van der Waals surface area contributed by atoms with E-state index >= 15 is 0 Å². The third-order valence-corrected chi connectivity index (χ3v) is 9.79. The van der Waals surface area contributed by atoms with Crippen LogP contribution in [0.15, 0.2) is 30.3 Å². The Morgan fingerprint density at radius 3 is 2.40 bits per heavy atom. The van der Waals surface area contributed by atoms with E-state index in [1.165, 1.54) is 24.1 Å². The van der Waals surface area contributed by atoms with Gasteiger partial charge < -0.3 is 4.43 Å². The molecular weight excluding hydrogens is 315 g/mol. The summed E-state index contributed by atoms with van der Waals surface area (Å²) in [5.74, 6) is -1.68. The summed E-state index contributed by atoms with van der Waals surface area (Å²) in [4.78, 5) is 0. The molecule has 0 aliphatic heterocycles. The number of unbranched alkanes of at least 4 members (excludes halogenated alkanes) is 1. The highest BCUT2D eigenvalue weighted by atomic mass is 127. The first-order chi connectivity index (χ1) is 7.23. The van der Waals surface area contributed by atoms with Gasteiger partial charge in [-0.25, -0.2) is 0 Å². The predicted molar refractivity (Wildman–Crippen MR) is 77.2 cm³/mol. The first kappa shape index (κ1) is 13.2. The van der Waals surface area contributed by atoms with Crippen LogP contribution in [0.4, 0.5) is 0 Å². The third kappa shape index (κ3) is 3.88. The van der Waals surface area contributed by atoms with Gasteiger partial charge in [-0.1, -0.05) is 71.9 Å². The maximum Gasteiger partial charge on any atom is 0.290 e. The smallest absolute Gasteiger partial charge is 0.290 e. The van der Waals surface area contributed by atoms with Gasteiger partial charge in [0.05, 0.1) is 0 Å². The zero-order valence-corrected chi connectivity index (χ0v) is 12.7. The summed E-state index contributed by atoms with van der Waals surface area (Å²) in [6.07, 6.45) is 2.52. The van der Waals surface area contributed by atoms with Crippen LogP contribution in [-0.2, 0) is 4.43 Å². The second-order valence-corrected chi connectivity index (χ2v) is 11.7. The zero-order valence-electron chi connectivity index (χ0n) is 9.50. The number of benzene rings is 1. The molecular formula is C12H19IOSi. The number of hydrogen-bond donors (Lipinski definition) is 0. The quantitative estimate of drug-likeness (QED) is 0.439. The minimum absolute atomic E-state index is 0.827. The molecule has 1 aromatic rings. The lowest BCUT2D eigenvalue weighted by Gasteiger charge is -2.25. The highest BCUT2D eigenvalue weighted by Crippen LogP contribution is 2.23. The number of halogens is 1. The second-order valence-electron chi connectivity index (χ2n) is 3.63. The van der Waals surface area contributed by atoms with E-state index in [0.29, 0.717) is 0 Å². The molecule has 1 atom stereocenters. The van der Waals surface area contributed by atoms with E-state index in [4.69, 9.17) is 4.43 Å². The summed E-state index contributed by atoms with van der Waals surface area (Å²) in [5, 5.41) is 1.42. The van der Waals surface area contributed by atoms with Gasteiger partial charge in [0.1, 0.15) is 0 Å². The van der Waals surface area contributed by atoms with Crippen molar-refractivity contribution in [3.8, 4) is 0 Å². The van der Waals surface area contributed by atoms with Crippen molar-refractivity contribution in [3.63, 3.8) is 0 Å². The molecule has 0 spiro atoms. The van der Waals surface area contributed by atoms with Gasteiger partial charge in [0.25, 0.3) is 5.81 Å². The lowest BCUT2D eigenvalue weighted by atomic mass is 10.4. The van der Waals surface area contributed by atoms with Crippen LogP contribution in [0.1, 0.15) is 26.7 Å². The minimum Gasteiger partial charge on any atom is -0.404 e. The lowest BCUT2D eigenvalue weighted by Crippen LogP contribution is -2.44. The molecule has 0 aromatic heterocycles. The standard InChI is InChI=1S/C12H19IOSi/c1-3-5-11-15(13,14-4-2)12-9-7-6-8-10-12/h6-10H,3-5,11H2,1-2H3. The largest absolute Gasteiger partial charge is 0.404 e. The van der Waals surface area contributed by atoms with Crippen LogP contribution in [-0.4, -0.2) is 12.4 Å². The van der Waals surface area contributed by atoms with E-state index in [1.807, 2.05) is 0 Å². The molecule has 0 heterocycles. The van der Waals surface area contributed by atoms with Gasteiger partial charge in [-0.3, -0.25) is 0 Å². The van der Waals surface area contributed by atoms with Gasteiger partial charge >= 0.3 is 0 Å².